The molecule has 0 atom stereocenters. The number of piperidine rings is 1. The molecule has 9 heteroatoms. The van der Waals surface area contributed by atoms with Gasteiger partial charge >= 0.3 is 0 Å². The minimum atomic E-state index is -0.302. The number of benzene rings is 2. The summed E-state index contributed by atoms with van der Waals surface area (Å²) in [5, 5.41) is 12.8. The predicted octanol–water partition coefficient (Wildman–Crippen LogP) is 5.39. The van der Waals surface area contributed by atoms with E-state index in [-0.39, 0.29) is 17.5 Å². The molecular weight excluding hydrogens is 461 g/mol. The number of nitrogens with one attached hydrogen (secondary N) is 1. The molecule has 0 spiro atoms. The Hall–Kier alpha value is -2.42. The van der Waals surface area contributed by atoms with Gasteiger partial charge in [0, 0.05) is 5.69 Å². The van der Waals surface area contributed by atoms with Crippen molar-refractivity contribution in [1.82, 2.24) is 19.7 Å². The fourth-order valence-electron chi connectivity index (χ4n) is 4.04. The summed E-state index contributed by atoms with van der Waals surface area (Å²) < 4.78 is 15.4. The molecule has 6 nitrogen and oxygen atoms in total. The Balaban J connectivity index is 1.52. The Labute approximate surface area is 202 Å². The van der Waals surface area contributed by atoms with Crippen molar-refractivity contribution in [2.24, 2.45) is 0 Å². The van der Waals surface area contributed by atoms with Gasteiger partial charge in [-0.3, -0.25) is 14.3 Å². The van der Waals surface area contributed by atoms with E-state index in [1.807, 2.05) is 30.5 Å². The zero-order valence-electron chi connectivity index (χ0n) is 18.8. The van der Waals surface area contributed by atoms with Crippen molar-refractivity contribution < 1.29 is 9.18 Å². The molecule has 1 N–H and O–H groups in total. The van der Waals surface area contributed by atoms with Crippen LogP contribution in [0.5, 0.6) is 0 Å². The molecule has 33 heavy (non-hydrogen) atoms. The number of aromatic nitrogens is 3. The second kappa shape index (κ2) is 10.7. The molecule has 0 unspecified atom stereocenters. The van der Waals surface area contributed by atoms with Crippen LogP contribution in [-0.2, 0) is 11.3 Å². The first-order valence-electron chi connectivity index (χ1n) is 11.0. The molecule has 1 aromatic heterocycles. The van der Waals surface area contributed by atoms with Crippen LogP contribution < -0.4 is 5.32 Å². The summed E-state index contributed by atoms with van der Waals surface area (Å²) in [7, 11) is 0. The van der Waals surface area contributed by atoms with Crippen LogP contribution in [0.3, 0.4) is 0 Å². The van der Waals surface area contributed by atoms with E-state index in [9.17, 15) is 9.18 Å². The molecule has 2 aromatic carbocycles. The smallest absolute Gasteiger partial charge is 0.234 e. The highest BCUT2D eigenvalue weighted by Crippen LogP contribution is 2.28. The Morgan fingerprint density at radius 3 is 2.55 bits per heavy atom. The van der Waals surface area contributed by atoms with Gasteiger partial charge in [-0.25, -0.2) is 4.39 Å². The van der Waals surface area contributed by atoms with Crippen LogP contribution in [-0.4, -0.2) is 44.4 Å². The van der Waals surface area contributed by atoms with E-state index < -0.39 is 0 Å². The van der Waals surface area contributed by atoms with Crippen LogP contribution in [0.15, 0.2) is 41.6 Å². The van der Waals surface area contributed by atoms with E-state index in [0.29, 0.717) is 22.4 Å². The van der Waals surface area contributed by atoms with Crippen molar-refractivity contribution in [3.63, 3.8) is 0 Å². The van der Waals surface area contributed by atoms with Gasteiger partial charge in [0.1, 0.15) is 5.82 Å². The quantitative estimate of drug-likeness (QED) is 0.452. The van der Waals surface area contributed by atoms with Gasteiger partial charge in [-0.15, -0.1) is 10.2 Å². The van der Waals surface area contributed by atoms with Crippen LogP contribution in [0.1, 0.15) is 36.2 Å². The first-order valence-corrected chi connectivity index (χ1v) is 12.4. The number of hydrogen-bond donors (Lipinski definition) is 1. The van der Waals surface area contributed by atoms with Crippen molar-refractivity contribution in [3.8, 4) is 5.69 Å². The van der Waals surface area contributed by atoms with Crippen molar-refractivity contribution in [3.05, 3.63) is 64.2 Å². The maximum atomic E-state index is 13.5. The summed E-state index contributed by atoms with van der Waals surface area (Å²) in [6, 6.07) is 10.1. The van der Waals surface area contributed by atoms with Gasteiger partial charge < -0.3 is 5.32 Å². The SMILES string of the molecule is Cc1cc(C)c(NC(=O)CSc2nnc(CN3CCCCC3)n2-c2ccc(F)cc2)c(Cl)c1. The third kappa shape index (κ3) is 5.93. The lowest BCUT2D eigenvalue weighted by Crippen LogP contribution is -2.30. The third-order valence-corrected chi connectivity index (χ3v) is 6.85. The zero-order valence-corrected chi connectivity index (χ0v) is 20.3. The second-order valence-corrected chi connectivity index (χ2v) is 9.67. The number of aryl methyl sites for hydroxylation is 2. The Bertz CT molecular complexity index is 1110. The fraction of sp³-hybridized carbons (Fsp3) is 0.375. The molecule has 1 aliphatic heterocycles. The maximum Gasteiger partial charge on any atom is 0.234 e. The Kier molecular flexibility index (Phi) is 7.67. The lowest BCUT2D eigenvalue weighted by atomic mass is 10.1. The van der Waals surface area contributed by atoms with E-state index in [1.165, 1.54) is 43.2 Å². The van der Waals surface area contributed by atoms with Crippen molar-refractivity contribution in [2.45, 2.75) is 44.8 Å². The van der Waals surface area contributed by atoms with Crippen molar-refractivity contribution >= 4 is 35.0 Å². The lowest BCUT2D eigenvalue weighted by molar-refractivity contribution is -0.113. The molecule has 1 fully saturated rings. The molecule has 174 valence electrons. The van der Waals surface area contributed by atoms with Gasteiger partial charge in [0.2, 0.25) is 5.91 Å². The topological polar surface area (TPSA) is 63.1 Å². The van der Waals surface area contributed by atoms with Gasteiger partial charge in [-0.05, 0) is 81.2 Å². The number of anilines is 1. The molecule has 1 amide bonds. The molecule has 4 rings (SSSR count). The van der Waals surface area contributed by atoms with Crippen molar-refractivity contribution in [2.75, 3.05) is 24.2 Å². The largest absolute Gasteiger partial charge is 0.324 e. The number of halogens is 2. The van der Waals surface area contributed by atoms with Gasteiger partial charge in [0.15, 0.2) is 11.0 Å². The standard InChI is InChI=1S/C24H27ClFN5OS/c1-16-12-17(2)23(20(25)13-16)27-22(32)15-33-24-29-28-21(14-30-10-4-3-5-11-30)31(24)19-8-6-18(26)7-9-19/h6-9,12-13H,3-5,10-11,14-15H2,1-2H3,(H,27,32). The summed E-state index contributed by atoms with van der Waals surface area (Å²) in [6.07, 6.45) is 3.60. The number of nitrogens with zero attached hydrogens (tertiary/aromatic N) is 4. The maximum absolute atomic E-state index is 13.5. The molecular formula is C24H27ClFN5OS. The Morgan fingerprint density at radius 2 is 1.85 bits per heavy atom. The minimum Gasteiger partial charge on any atom is -0.324 e. The van der Waals surface area contributed by atoms with Crippen LogP contribution >= 0.6 is 23.4 Å². The van der Waals surface area contributed by atoms with Gasteiger partial charge in [0.05, 0.1) is 23.0 Å². The first-order chi connectivity index (χ1) is 15.9. The highest BCUT2D eigenvalue weighted by atomic mass is 35.5. The molecule has 0 aliphatic carbocycles. The van der Waals surface area contributed by atoms with Crippen molar-refractivity contribution in [1.29, 1.82) is 0 Å². The molecule has 1 saturated heterocycles. The van der Waals surface area contributed by atoms with Crippen LogP contribution in [0, 0.1) is 19.7 Å². The van der Waals surface area contributed by atoms with Gasteiger partial charge in [0.25, 0.3) is 0 Å². The third-order valence-electron chi connectivity index (χ3n) is 5.63. The van der Waals surface area contributed by atoms with E-state index in [4.69, 9.17) is 11.6 Å². The number of hydrogen-bond acceptors (Lipinski definition) is 5. The summed E-state index contributed by atoms with van der Waals surface area (Å²) in [5.41, 5.74) is 3.35. The number of rotatable bonds is 7. The van der Waals surface area contributed by atoms with E-state index in [2.05, 4.69) is 20.4 Å². The lowest BCUT2D eigenvalue weighted by Gasteiger charge is -2.26. The molecule has 3 aromatic rings. The normalized spacial score (nSPS) is 14.4. The average molecular weight is 488 g/mol. The van der Waals surface area contributed by atoms with Gasteiger partial charge in [-0.1, -0.05) is 35.9 Å². The number of amides is 1. The molecule has 0 bridgehead atoms. The molecule has 2 heterocycles. The van der Waals surface area contributed by atoms with E-state index in [0.717, 1.165) is 35.7 Å². The van der Waals surface area contributed by atoms with Gasteiger partial charge in [-0.2, -0.15) is 0 Å². The summed E-state index contributed by atoms with van der Waals surface area (Å²) >= 11 is 7.62. The van der Waals surface area contributed by atoms with Crippen LogP contribution in [0.4, 0.5) is 10.1 Å². The summed E-state index contributed by atoms with van der Waals surface area (Å²) in [5.74, 6) is 0.444. The predicted molar refractivity (Wildman–Crippen MR) is 131 cm³/mol. The number of thioether (sulfide) groups is 1. The second-order valence-electron chi connectivity index (χ2n) is 8.32. The number of carbonyl (C=O) groups is 1. The van der Waals surface area contributed by atoms with E-state index >= 15 is 0 Å². The minimum absolute atomic E-state index is 0.146. The number of carbonyl (C=O) groups excluding carboxylic acids is 1. The average Bonchev–Trinajstić information content (AvgIpc) is 3.18. The Morgan fingerprint density at radius 1 is 1.12 bits per heavy atom. The highest BCUT2D eigenvalue weighted by Gasteiger charge is 2.20. The fourth-order valence-corrected chi connectivity index (χ4v) is 5.18. The highest BCUT2D eigenvalue weighted by molar-refractivity contribution is 7.99. The zero-order chi connectivity index (χ0) is 23.4. The van der Waals surface area contributed by atoms with E-state index in [1.54, 1.807) is 12.1 Å². The molecule has 1 aliphatic rings. The first kappa shape index (κ1) is 23.7. The molecule has 0 radical (unpaired) electrons. The summed E-state index contributed by atoms with van der Waals surface area (Å²) in [4.78, 5) is 15.0. The number of likely N-dealkylation sites (tertiary alicyclic amines) is 1. The monoisotopic (exact) mass is 487 g/mol. The van der Waals surface area contributed by atoms with Crippen LogP contribution in [0.2, 0.25) is 5.02 Å². The molecule has 0 saturated carbocycles. The summed E-state index contributed by atoms with van der Waals surface area (Å²) in [6.45, 7) is 6.59. The van der Waals surface area contributed by atoms with Crippen LogP contribution in [0.25, 0.3) is 5.69 Å².